The second-order valence-electron chi connectivity index (χ2n) is 4.50. The molecule has 0 saturated heterocycles. The second-order valence-corrected chi connectivity index (χ2v) is 4.93. The lowest BCUT2D eigenvalue weighted by atomic mass is 10.2. The quantitative estimate of drug-likeness (QED) is 0.916. The summed E-state index contributed by atoms with van der Waals surface area (Å²) in [6.45, 7) is 0. The fourth-order valence-corrected chi connectivity index (χ4v) is 2.23. The van der Waals surface area contributed by atoms with Crippen molar-refractivity contribution in [2.45, 2.75) is 12.3 Å². The van der Waals surface area contributed by atoms with Crippen LogP contribution in [0, 0.1) is 5.92 Å². The highest BCUT2D eigenvalue weighted by atomic mass is 35.5. The van der Waals surface area contributed by atoms with Crippen molar-refractivity contribution >= 4 is 17.6 Å². The Morgan fingerprint density at radius 1 is 1.22 bits per heavy atom. The molecule has 2 unspecified atom stereocenters. The monoisotopic (exact) mass is 262 g/mol. The van der Waals surface area contributed by atoms with Gasteiger partial charge in [0.15, 0.2) is 0 Å². The van der Waals surface area contributed by atoms with Gasteiger partial charge in [-0.3, -0.25) is 4.79 Å². The Bertz CT molecular complexity index is 585. The van der Waals surface area contributed by atoms with Crippen molar-refractivity contribution in [1.82, 2.24) is 0 Å². The molecule has 1 aliphatic carbocycles. The van der Waals surface area contributed by atoms with Crippen molar-refractivity contribution in [3.63, 3.8) is 0 Å². The Hall–Kier alpha value is -1.74. The van der Waals surface area contributed by atoms with E-state index in [4.69, 9.17) is 21.1 Å². The molecule has 0 radical (unpaired) electrons. The summed E-state index contributed by atoms with van der Waals surface area (Å²) in [4.78, 5) is 10.8. The highest BCUT2D eigenvalue weighted by Gasteiger charge is 2.46. The summed E-state index contributed by atoms with van der Waals surface area (Å²) >= 11 is 5.82. The van der Waals surface area contributed by atoms with Crippen LogP contribution >= 0.6 is 11.6 Å². The van der Waals surface area contributed by atoms with E-state index in [0.717, 1.165) is 17.1 Å². The standard InChI is InChI=1S/C14H11ClO3/c15-9-3-1-8(2-4-9)12-5-6-13(18-12)10-7-11(10)14(16)17/h1-6,10-11H,7H2,(H,16,17). The van der Waals surface area contributed by atoms with Crippen LogP contribution in [0.4, 0.5) is 0 Å². The molecular weight excluding hydrogens is 252 g/mol. The maximum absolute atomic E-state index is 10.8. The van der Waals surface area contributed by atoms with Crippen molar-refractivity contribution < 1.29 is 14.3 Å². The van der Waals surface area contributed by atoms with Crippen LogP contribution in [-0.2, 0) is 4.79 Å². The first-order valence-corrected chi connectivity index (χ1v) is 6.11. The van der Waals surface area contributed by atoms with Gasteiger partial charge in [0.2, 0.25) is 0 Å². The zero-order valence-corrected chi connectivity index (χ0v) is 10.2. The lowest BCUT2D eigenvalue weighted by molar-refractivity contribution is -0.138. The molecule has 18 heavy (non-hydrogen) atoms. The average molecular weight is 263 g/mol. The van der Waals surface area contributed by atoms with E-state index in [1.54, 1.807) is 12.1 Å². The zero-order valence-electron chi connectivity index (χ0n) is 9.47. The van der Waals surface area contributed by atoms with E-state index < -0.39 is 5.97 Å². The summed E-state index contributed by atoms with van der Waals surface area (Å²) in [5, 5.41) is 9.56. The molecule has 0 aliphatic heterocycles. The number of hydrogen-bond acceptors (Lipinski definition) is 2. The third kappa shape index (κ3) is 2.02. The highest BCUT2D eigenvalue weighted by molar-refractivity contribution is 6.30. The molecule has 1 heterocycles. The van der Waals surface area contributed by atoms with Crippen molar-refractivity contribution in [2.24, 2.45) is 5.92 Å². The number of benzene rings is 1. The number of carboxylic acids is 1. The molecule has 1 fully saturated rings. The van der Waals surface area contributed by atoms with Crippen molar-refractivity contribution in [1.29, 1.82) is 0 Å². The summed E-state index contributed by atoms with van der Waals surface area (Å²) in [7, 11) is 0. The Balaban J connectivity index is 1.82. The molecule has 2 aromatic rings. The number of carbonyl (C=O) groups is 1. The van der Waals surface area contributed by atoms with Gasteiger partial charge in [-0.2, -0.15) is 0 Å². The number of furan rings is 1. The van der Waals surface area contributed by atoms with E-state index in [9.17, 15) is 4.79 Å². The molecule has 0 amide bonds. The van der Waals surface area contributed by atoms with Gasteiger partial charge in [0.1, 0.15) is 11.5 Å². The smallest absolute Gasteiger partial charge is 0.307 e. The summed E-state index contributed by atoms with van der Waals surface area (Å²) in [6, 6.07) is 11.1. The van der Waals surface area contributed by atoms with E-state index in [2.05, 4.69) is 0 Å². The third-order valence-corrected chi connectivity index (χ3v) is 3.48. The summed E-state index contributed by atoms with van der Waals surface area (Å²) in [5.41, 5.74) is 0.943. The molecule has 92 valence electrons. The predicted octanol–water partition coefficient (Wildman–Crippen LogP) is 3.79. The average Bonchev–Trinajstić information content (AvgIpc) is 3.02. The Kier molecular flexibility index (Phi) is 2.63. The summed E-state index contributed by atoms with van der Waals surface area (Å²) in [6.07, 6.45) is 0.670. The fraction of sp³-hybridized carbons (Fsp3) is 0.214. The Morgan fingerprint density at radius 2 is 1.94 bits per heavy atom. The molecular formula is C14H11ClO3. The van der Waals surface area contributed by atoms with Gasteiger partial charge in [-0.15, -0.1) is 0 Å². The van der Waals surface area contributed by atoms with E-state index >= 15 is 0 Å². The minimum absolute atomic E-state index is 0.0311. The van der Waals surface area contributed by atoms with Crippen LogP contribution in [-0.4, -0.2) is 11.1 Å². The molecule has 1 N–H and O–H groups in total. The first-order valence-electron chi connectivity index (χ1n) is 5.73. The van der Waals surface area contributed by atoms with Crippen LogP contribution in [0.2, 0.25) is 5.02 Å². The van der Waals surface area contributed by atoms with Gasteiger partial charge in [-0.25, -0.2) is 0 Å². The summed E-state index contributed by atoms with van der Waals surface area (Å²) < 4.78 is 5.71. The fourth-order valence-electron chi connectivity index (χ4n) is 2.10. The van der Waals surface area contributed by atoms with Crippen LogP contribution in [0.1, 0.15) is 18.1 Å². The third-order valence-electron chi connectivity index (χ3n) is 3.23. The van der Waals surface area contributed by atoms with Gasteiger partial charge in [0, 0.05) is 16.5 Å². The molecule has 4 heteroatoms. The maximum atomic E-state index is 10.8. The minimum atomic E-state index is -0.746. The van der Waals surface area contributed by atoms with Crippen molar-refractivity contribution in [3.05, 3.63) is 47.2 Å². The largest absolute Gasteiger partial charge is 0.481 e. The van der Waals surface area contributed by atoms with E-state index in [-0.39, 0.29) is 11.8 Å². The number of aliphatic carboxylic acids is 1. The number of hydrogen-bond donors (Lipinski definition) is 1. The second kappa shape index (κ2) is 4.18. The first-order chi connectivity index (χ1) is 8.65. The molecule has 1 aromatic heterocycles. The highest BCUT2D eigenvalue weighted by Crippen LogP contribution is 2.48. The van der Waals surface area contributed by atoms with Crippen LogP contribution in [0.15, 0.2) is 40.8 Å². The van der Waals surface area contributed by atoms with Gasteiger partial charge in [-0.1, -0.05) is 11.6 Å². The van der Waals surface area contributed by atoms with E-state index in [1.165, 1.54) is 0 Å². The molecule has 1 aliphatic rings. The van der Waals surface area contributed by atoms with Crippen LogP contribution in [0.3, 0.4) is 0 Å². The van der Waals surface area contributed by atoms with Gasteiger partial charge in [0.05, 0.1) is 5.92 Å². The van der Waals surface area contributed by atoms with E-state index in [0.29, 0.717) is 11.4 Å². The lowest BCUT2D eigenvalue weighted by Crippen LogP contribution is -1.98. The molecule has 2 atom stereocenters. The molecule has 3 nitrogen and oxygen atoms in total. The SMILES string of the molecule is O=C(O)C1CC1c1ccc(-c2ccc(Cl)cc2)o1. The first kappa shape index (κ1) is 11.4. The molecule has 1 saturated carbocycles. The normalized spacial score (nSPS) is 21.8. The van der Waals surface area contributed by atoms with E-state index in [1.807, 2.05) is 24.3 Å². The predicted molar refractivity (Wildman–Crippen MR) is 67.6 cm³/mol. The minimum Gasteiger partial charge on any atom is -0.481 e. The Morgan fingerprint density at radius 3 is 2.56 bits per heavy atom. The zero-order chi connectivity index (χ0) is 12.7. The number of carboxylic acid groups (broad SMARTS) is 1. The lowest BCUT2D eigenvalue weighted by Gasteiger charge is -1.97. The molecule has 1 aromatic carbocycles. The van der Waals surface area contributed by atoms with Gasteiger partial charge >= 0.3 is 5.97 Å². The molecule has 0 spiro atoms. The molecule has 0 bridgehead atoms. The van der Waals surface area contributed by atoms with Crippen LogP contribution in [0.25, 0.3) is 11.3 Å². The maximum Gasteiger partial charge on any atom is 0.307 e. The van der Waals surface area contributed by atoms with Crippen LogP contribution in [0.5, 0.6) is 0 Å². The van der Waals surface area contributed by atoms with Gasteiger partial charge in [-0.05, 0) is 42.8 Å². The van der Waals surface area contributed by atoms with Crippen molar-refractivity contribution in [2.75, 3.05) is 0 Å². The van der Waals surface area contributed by atoms with Gasteiger partial charge < -0.3 is 9.52 Å². The van der Waals surface area contributed by atoms with Gasteiger partial charge in [0.25, 0.3) is 0 Å². The van der Waals surface area contributed by atoms with Crippen molar-refractivity contribution in [3.8, 4) is 11.3 Å². The number of rotatable bonds is 3. The molecule has 3 rings (SSSR count). The van der Waals surface area contributed by atoms with Crippen LogP contribution < -0.4 is 0 Å². The Labute approximate surface area is 109 Å². The topological polar surface area (TPSA) is 50.4 Å². The summed E-state index contributed by atoms with van der Waals surface area (Å²) in [5.74, 6) is 0.507. The number of halogens is 1.